The lowest BCUT2D eigenvalue weighted by Gasteiger charge is -2.11. The molecule has 0 aliphatic carbocycles. The van der Waals surface area contributed by atoms with Crippen LogP contribution in [0, 0.1) is 6.92 Å². The second-order valence-corrected chi connectivity index (χ2v) is 2.91. The minimum Gasteiger partial charge on any atom is -0.328 e. The Kier molecular flexibility index (Phi) is 5.21. The van der Waals surface area contributed by atoms with Crippen LogP contribution in [0.2, 0.25) is 0 Å². The smallest absolute Gasteiger partial charge is 0.0348 e. The van der Waals surface area contributed by atoms with Gasteiger partial charge in [0.05, 0.1) is 0 Å². The topological polar surface area (TPSA) is 26.0 Å². The van der Waals surface area contributed by atoms with Crippen LogP contribution >= 0.6 is 11.6 Å². The van der Waals surface area contributed by atoms with Crippen molar-refractivity contribution in [3.8, 4) is 0 Å². The van der Waals surface area contributed by atoms with Crippen molar-refractivity contribution in [1.29, 1.82) is 0 Å². The van der Waals surface area contributed by atoms with Crippen molar-refractivity contribution in [2.45, 2.75) is 37.6 Å². The van der Waals surface area contributed by atoms with Crippen LogP contribution in [0.15, 0.2) is 0 Å². The average molecular weight is 149 g/mol. The van der Waals surface area contributed by atoms with E-state index in [1.165, 1.54) is 0 Å². The van der Waals surface area contributed by atoms with E-state index < -0.39 is 0 Å². The molecule has 0 heterocycles. The van der Waals surface area contributed by atoms with Crippen molar-refractivity contribution < 1.29 is 0 Å². The number of rotatable bonds is 4. The van der Waals surface area contributed by atoms with Crippen LogP contribution in [0.4, 0.5) is 0 Å². The zero-order valence-electron chi connectivity index (χ0n) is 5.94. The van der Waals surface area contributed by atoms with Crippen molar-refractivity contribution in [1.82, 2.24) is 0 Å². The molecule has 2 unspecified atom stereocenters. The summed E-state index contributed by atoms with van der Waals surface area (Å²) in [5.41, 5.74) is 5.60. The second kappa shape index (κ2) is 5.07. The fraction of sp³-hybridized carbons (Fsp3) is 0.857. The molecule has 55 valence electrons. The van der Waals surface area contributed by atoms with Crippen LogP contribution in [-0.4, -0.2) is 11.4 Å². The van der Waals surface area contributed by atoms with Gasteiger partial charge in [-0.1, -0.05) is 13.8 Å². The quantitative estimate of drug-likeness (QED) is 0.606. The maximum absolute atomic E-state index is 5.83. The number of halogens is 1. The normalized spacial score (nSPS) is 17.3. The Labute approximate surface area is 62.6 Å². The SMILES string of the molecule is [CH2]CC(N)CC(Cl)CC. The predicted molar refractivity (Wildman–Crippen MR) is 42.5 cm³/mol. The van der Waals surface area contributed by atoms with Crippen LogP contribution in [-0.2, 0) is 0 Å². The summed E-state index contributed by atoms with van der Waals surface area (Å²) in [6.07, 6.45) is 2.67. The summed E-state index contributed by atoms with van der Waals surface area (Å²) in [5.74, 6) is 0. The first kappa shape index (κ1) is 9.25. The van der Waals surface area contributed by atoms with Crippen LogP contribution in [0.3, 0.4) is 0 Å². The molecule has 1 radical (unpaired) electrons. The largest absolute Gasteiger partial charge is 0.328 e. The zero-order chi connectivity index (χ0) is 7.28. The van der Waals surface area contributed by atoms with Gasteiger partial charge in [0.15, 0.2) is 0 Å². The Morgan fingerprint density at radius 1 is 1.67 bits per heavy atom. The third-order valence-electron chi connectivity index (χ3n) is 1.37. The van der Waals surface area contributed by atoms with Gasteiger partial charge in [-0.2, -0.15) is 0 Å². The minimum atomic E-state index is 0.187. The molecule has 0 aliphatic heterocycles. The summed E-state index contributed by atoms with van der Waals surface area (Å²) in [7, 11) is 0. The van der Waals surface area contributed by atoms with E-state index in [1.54, 1.807) is 0 Å². The zero-order valence-corrected chi connectivity index (χ0v) is 6.69. The van der Waals surface area contributed by atoms with Gasteiger partial charge in [0, 0.05) is 11.4 Å². The summed E-state index contributed by atoms with van der Waals surface area (Å²) >= 11 is 5.83. The molecule has 0 spiro atoms. The predicted octanol–water partition coefficient (Wildman–Crippen LogP) is 1.95. The Morgan fingerprint density at radius 2 is 2.22 bits per heavy atom. The van der Waals surface area contributed by atoms with E-state index in [0.717, 1.165) is 19.3 Å². The van der Waals surface area contributed by atoms with Gasteiger partial charge in [0.2, 0.25) is 0 Å². The molecular weight excluding hydrogens is 134 g/mol. The van der Waals surface area contributed by atoms with Crippen molar-refractivity contribution in [2.75, 3.05) is 0 Å². The Morgan fingerprint density at radius 3 is 2.56 bits per heavy atom. The highest BCUT2D eigenvalue weighted by Gasteiger charge is 2.05. The Bertz CT molecular complexity index is 57.9. The average Bonchev–Trinajstić information content (AvgIpc) is 1.87. The third-order valence-corrected chi connectivity index (χ3v) is 1.86. The standard InChI is InChI=1S/C7H15ClN/c1-3-6(8)5-7(9)4-2/h6-7H,2-5,9H2,1H3. The first-order valence-corrected chi connectivity index (χ1v) is 3.83. The van der Waals surface area contributed by atoms with E-state index in [-0.39, 0.29) is 11.4 Å². The van der Waals surface area contributed by atoms with Crippen molar-refractivity contribution in [3.63, 3.8) is 0 Å². The van der Waals surface area contributed by atoms with Gasteiger partial charge in [-0.05, 0) is 19.3 Å². The van der Waals surface area contributed by atoms with Crippen molar-refractivity contribution >= 4 is 11.6 Å². The summed E-state index contributed by atoms with van der Waals surface area (Å²) < 4.78 is 0. The highest BCUT2D eigenvalue weighted by atomic mass is 35.5. The van der Waals surface area contributed by atoms with Crippen LogP contribution in [0.5, 0.6) is 0 Å². The lowest BCUT2D eigenvalue weighted by atomic mass is 10.1. The molecule has 0 saturated heterocycles. The molecule has 2 heteroatoms. The molecule has 0 aromatic rings. The minimum absolute atomic E-state index is 0.187. The molecule has 2 N–H and O–H groups in total. The Balaban J connectivity index is 3.22. The van der Waals surface area contributed by atoms with Crippen LogP contribution in [0.25, 0.3) is 0 Å². The maximum Gasteiger partial charge on any atom is 0.0348 e. The van der Waals surface area contributed by atoms with E-state index >= 15 is 0 Å². The molecule has 0 aromatic heterocycles. The molecule has 0 fully saturated rings. The maximum atomic E-state index is 5.83. The van der Waals surface area contributed by atoms with Gasteiger partial charge in [-0.3, -0.25) is 0 Å². The second-order valence-electron chi connectivity index (χ2n) is 2.29. The molecular formula is C7H15ClN. The van der Waals surface area contributed by atoms with E-state index in [9.17, 15) is 0 Å². The summed E-state index contributed by atoms with van der Waals surface area (Å²) in [4.78, 5) is 0. The van der Waals surface area contributed by atoms with E-state index in [4.69, 9.17) is 17.3 Å². The Hall–Kier alpha value is 0.250. The fourth-order valence-electron chi connectivity index (χ4n) is 0.613. The fourth-order valence-corrected chi connectivity index (χ4v) is 0.842. The lowest BCUT2D eigenvalue weighted by Crippen LogP contribution is -2.22. The molecule has 9 heavy (non-hydrogen) atoms. The van der Waals surface area contributed by atoms with Crippen molar-refractivity contribution in [2.24, 2.45) is 5.73 Å². The molecule has 1 nitrogen and oxygen atoms in total. The van der Waals surface area contributed by atoms with Gasteiger partial charge in [-0.25, -0.2) is 0 Å². The van der Waals surface area contributed by atoms with E-state index in [2.05, 4.69) is 13.8 Å². The van der Waals surface area contributed by atoms with Gasteiger partial charge in [-0.15, -0.1) is 11.6 Å². The van der Waals surface area contributed by atoms with Crippen LogP contribution < -0.4 is 5.73 Å². The number of hydrogen-bond acceptors (Lipinski definition) is 1. The van der Waals surface area contributed by atoms with Crippen molar-refractivity contribution in [3.05, 3.63) is 6.92 Å². The van der Waals surface area contributed by atoms with E-state index in [0.29, 0.717) is 0 Å². The van der Waals surface area contributed by atoms with Gasteiger partial charge in [0.25, 0.3) is 0 Å². The summed E-state index contributed by atoms with van der Waals surface area (Å²) in [6, 6.07) is 0.187. The number of hydrogen-bond donors (Lipinski definition) is 1. The molecule has 0 bridgehead atoms. The van der Waals surface area contributed by atoms with Gasteiger partial charge in [0.1, 0.15) is 0 Å². The van der Waals surface area contributed by atoms with Gasteiger partial charge >= 0.3 is 0 Å². The number of nitrogens with two attached hydrogens (primary N) is 1. The summed E-state index contributed by atoms with van der Waals surface area (Å²) in [6.45, 7) is 5.75. The highest BCUT2D eigenvalue weighted by molar-refractivity contribution is 6.20. The molecule has 2 atom stereocenters. The molecule has 0 rings (SSSR count). The first-order chi connectivity index (χ1) is 4.20. The highest BCUT2D eigenvalue weighted by Crippen LogP contribution is 2.09. The molecule has 0 saturated carbocycles. The van der Waals surface area contributed by atoms with E-state index in [1.807, 2.05) is 0 Å². The molecule has 0 aliphatic rings. The first-order valence-electron chi connectivity index (χ1n) is 3.39. The third kappa shape index (κ3) is 4.73. The molecule has 0 aromatic carbocycles. The number of alkyl halides is 1. The van der Waals surface area contributed by atoms with Gasteiger partial charge < -0.3 is 5.73 Å². The lowest BCUT2D eigenvalue weighted by molar-refractivity contribution is 0.587. The molecule has 0 amide bonds. The van der Waals surface area contributed by atoms with Crippen LogP contribution in [0.1, 0.15) is 26.2 Å². The monoisotopic (exact) mass is 148 g/mol. The summed E-state index contributed by atoms with van der Waals surface area (Å²) in [5, 5.41) is 0.238.